The number of hydrogen-bond acceptors (Lipinski definition) is 4. The molecule has 0 saturated heterocycles. The van der Waals surface area contributed by atoms with Crippen LogP contribution in [0, 0.1) is 11.3 Å². The zero-order valence-corrected chi connectivity index (χ0v) is 18.6. The van der Waals surface area contributed by atoms with Crippen LogP contribution in [0.2, 0.25) is 0 Å². The van der Waals surface area contributed by atoms with Crippen LogP contribution in [0.1, 0.15) is 16.7 Å². The maximum atomic E-state index is 12.1. The van der Waals surface area contributed by atoms with Crippen molar-refractivity contribution in [1.29, 1.82) is 5.26 Å². The van der Waals surface area contributed by atoms with Crippen molar-refractivity contribution in [3.05, 3.63) is 114 Å². The number of nitrogens with zero attached hydrogens (tertiary/aromatic N) is 2. The Kier molecular flexibility index (Phi) is 7.50. The summed E-state index contributed by atoms with van der Waals surface area (Å²) >= 11 is 0. The molecule has 2 amide bonds. The number of pyridine rings is 1. The molecule has 0 aliphatic rings. The van der Waals surface area contributed by atoms with Crippen LogP contribution in [0.15, 0.2) is 97.3 Å². The maximum absolute atomic E-state index is 12.1. The van der Waals surface area contributed by atoms with Crippen LogP contribution in [0.5, 0.6) is 5.75 Å². The third-order valence-corrected chi connectivity index (χ3v) is 5.25. The highest BCUT2D eigenvalue weighted by molar-refractivity contribution is 5.89. The average Bonchev–Trinajstić information content (AvgIpc) is 2.89. The van der Waals surface area contributed by atoms with Crippen LogP contribution in [0.4, 0.5) is 10.5 Å². The summed E-state index contributed by atoms with van der Waals surface area (Å²) in [6.07, 6.45) is 4.14. The number of ether oxygens (including phenoxy) is 1. The quantitative estimate of drug-likeness (QED) is 0.369. The Hall–Kier alpha value is -4.63. The summed E-state index contributed by atoms with van der Waals surface area (Å²) in [5.41, 5.74) is 5.52. The van der Waals surface area contributed by atoms with E-state index in [0.29, 0.717) is 24.4 Å². The summed E-state index contributed by atoms with van der Waals surface area (Å²) in [4.78, 5) is 16.1. The summed E-state index contributed by atoms with van der Waals surface area (Å²) in [5, 5.41) is 14.8. The normalized spacial score (nSPS) is 10.2. The van der Waals surface area contributed by atoms with Gasteiger partial charge in [-0.3, -0.25) is 4.98 Å². The van der Waals surface area contributed by atoms with Gasteiger partial charge in [-0.25, -0.2) is 4.79 Å². The summed E-state index contributed by atoms with van der Waals surface area (Å²) in [5.74, 6) is 0.727. The van der Waals surface area contributed by atoms with E-state index in [4.69, 9.17) is 4.74 Å². The van der Waals surface area contributed by atoms with Crippen LogP contribution < -0.4 is 15.4 Å². The zero-order valence-electron chi connectivity index (χ0n) is 18.6. The molecule has 2 N–H and O–H groups in total. The number of amides is 2. The lowest BCUT2D eigenvalue weighted by atomic mass is 9.97. The zero-order chi connectivity index (χ0) is 23.6. The third kappa shape index (κ3) is 6.21. The second-order valence-electron chi connectivity index (χ2n) is 7.64. The van der Waals surface area contributed by atoms with Crippen molar-refractivity contribution in [2.24, 2.45) is 0 Å². The topological polar surface area (TPSA) is 87.0 Å². The number of aromatic nitrogens is 1. The molecule has 0 aliphatic carbocycles. The van der Waals surface area contributed by atoms with E-state index in [1.165, 1.54) is 0 Å². The Labute approximate surface area is 198 Å². The summed E-state index contributed by atoms with van der Waals surface area (Å²) in [7, 11) is 0. The van der Waals surface area contributed by atoms with Gasteiger partial charge in [-0.1, -0.05) is 42.5 Å². The fourth-order valence-electron chi connectivity index (χ4n) is 3.55. The Morgan fingerprint density at radius 2 is 1.82 bits per heavy atom. The van der Waals surface area contributed by atoms with E-state index in [1.807, 2.05) is 54.6 Å². The van der Waals surface area contributed by atoms with Gasteiger partial charge in [0, 0.05) is 31.0 Å². The van der Waals surface area contributed by atoms with Crippen molar-refractivity contribution < 1.29 is 9.53 Å². The van der Waals surface area contributed by atoms with Gasteiger partial charge in [-0.15, -0.1) is 0 Å². The molecule has 3 aromatic carbocycles. The first kappa shape index (κ1) is 22.6. The van der Waals surface area contributed by atoms with E-state index in [0.717, 1.165) is 34.4 Å². The van der Waals surface area contributed by atoms with Gasteiger partial charge in [0.25, 0.3) is 0 Å². The van der Waals surface area contributed by atoms with Crippen molar-refractivity contribution in [2.45, 2.75) is 13.0 Å². The highest BCUT2D eigenvalue weighted by Crippen LogP contribution is 2.25. The number of nitriles is 1. The predicted molar refractivity (Wildman–Crippen MR) is 132 cm³/mol. The Bertz CT molecular complexity index is 1280. The molecule has 0 aliphatic heterocycles. The Balaban J connectivity index is 1.29. The maximum Gasteiger partial charge on any atom is 0.319 e. The molecule has 0 bridgehead atoms. The lowest BCUT2D eigenvalue weighted by molar-refractivity contribution is 0.251. The van der Waals surface area contributed by atoms with Gasteiger partial charge in [0.1, 0.15) is 5.75 Å². The van der Waals surface area contributed by atoms with Crippen LogP contribution in [0.25, 0.3) is 11.1 Å². The number of carbonyl (C=O) groups excluding carboxylic acids is 1. The molecule has 0 spiro atoms. The van der Waals surface area contributed by atoms with Gasteiger partial charge in [-0.2, -0.15) is 5.26 Å². The highest BCUT2D eigenvalue weighted by Gasteiger charge is 2.07. The molecule has 168 valence electrons. The van der Waals surface area contributed by atoms with Gasteiger partial charge in [0.15, 0.2) is 0 Å². The number of urea groups is 1. The highest BCUT2D eigenvalue weighted by atomic mass is 16.5. The summed E-state index contributed by atoms with van der Waals surface area (Å²) in [6, 6.07) is 28.7. The van der Waals surface area contributed by atoms with Crippen molar-refractivity contribution in [1.82, 2.24) is 10.3 Å². The molecule has 0 atom stereocenters. The van der Waals surface area contributed by atoms with Gasteiger partial charge in [-0.05, 0) is 64.7 Å². The molecule has 1 heterocycles. The van der Waals surface area contributed by atoms with Crippen LogP contribution in [-0.2, 0) is 13.0 Å². The number of nitrogens with one attached hydrogen (secondary N) is 2. The van der Waals surface area contributed by atoms with Crippen LogP contribution in [-0.4, -0.2) is 17.6 Å². The minimum absolute atomic E-state index is 0.283. The second kappa shape index (κ2) is 11.3. The number of carbonyl (C=O) groups is 1. The Morgan fingerprint density at radius 3 is 2.62 bits per heavy atom. The average molecular weight is 449 g/mol. The van der Waals surface area contributed by atoms with Crippen molar-refractivity contribution in [3.8, 4) is 22.9 Å². The first-order valence-electron chi connectivity index (χ1n) is 11.0. The number of hydrogen-bond donors (Lipinski definition) is 2. The smallest absolute Gasteiger partial charge is 0.319 e. The molecule has 4 rings (SSSR count). The SMILES string of the molecule is N#Cc1cccc(-c2ccccc2CCOc2ccc(NC(=O)NCc3cccnc3)cc2)c1. The molecular weight excluding hydrogens is 424 g/mol. The minimum atomic E-state index is -0.283. The molecular formula is C28H24N4O2. The lowest BCUT2D eigenvalue weighted by Crippen LogP contribution is -2.28. The van der Waals surface area contributed by atoms with E-state index in [-0.39, 0.29) is 6.03 Å². The van der Waals surface area contributed by atoms with Gasteiger partial charge >= 0.3 is 6.03 Å². The fraction of sp³-hybridized carbons (Fsp3) is 0.107. The first-order valence-corrected chi connectivity index (χ1v) is 11.0. The molecule has 0 saturated carbocycles. The van der Waals surface area contributed by atoms with Crippen LogP contribution in [0.3, 0.4) is 0 Å². The third-order valence-electron chi connectivity index (χ3n) is 5.25. The molecule has 0 unspecified atom stereocenters. The molecule has 0 radical (unpaired) electrons. The Morgan fingerprint density at radius 1 is 0.971 bits per heavy atom. The fourth-order valence-corrected chi connectivity index (χ4v) is 3.55. The van der Waals surface area contributed by atoms with Gasteiger partial charge in [0.05, 0.1) is 18.2 Å². The largest absolute Gasteiger partial charge is 0.493 e. The van der Waals surface area contributed by atoms with Crippen molar-refractivity contribution in [3.63, 3.8) is 0 Å². The number of benzene rings is 3. The van der Waals surface area contributed by atoms with E-state index >= 15 is 0 Å². The van der Waals surface area contributed by atoms with E-state index < -0.39 is 0 Å². The first-order chi connectivity index (χ1) is 16.7. The van der Waals surface area contributed by atoms with Crippen LogP contribution >= 0.6 is 0 Å². The molecule has 1 aromatic heterocycles. The van der Waals surface area contributed by atoms with Gasteiger partial charge < -0.3 is 15.4 Å². The standard InChI is InChI=1S/C28H24N4O2/c29-18-21-5-3-8-24(17-21)27-9-2-1-7-23(27)14-16-34-26-12-10-25(11-13-26)32-28(33)31-20-22-6-4-15-30-19-22/h1-13,15,17,19H,14,16,20H2,(H2,31,32,33). The number of anilines is 1. The lowest BCUT2D eigenvalue weighted by Gasteiger charge is -2.12. The molecule has 0 fully saturated rings. The van der Waals surface area contributed by atoms with Gasteiger partial charge in [0.2, 0.25) is 0 Å². The number of rotatable bonds is 8. The predicted octanol–water partition coefficient (Wildman–Crippen LogP) is 5.56. The van der Waals surface area contributed by atoms with E-state index in [1.54, 1.807) is 30.6 Å². The minimum Gasteiger partial charge on any atom is -0.493 e. The summed E-state index contributed by atoms with van der Waals surface area (Å²) < 4.78 is 5.92. The van der Waals surface area contributed by atoms with Crippen molar-refractivity contribution in [2.75, 3.05) is 11.9 Å². The second-order valence-corrected chi connectivity index (χ2v) is 7.64. The van der Waals surface area contributed by atoms with E-state index in [2.05, 4.69) is 33.8 Å². The van der Waals surface area contributed by atoms with Crippen molar-refractivity contribution >= 4 is 11.7 Å². The molecule has 34 heavy (non-hydrogen) atoms. The molecule has 6 heteroatoms. The summed E-state index contributed by atoms with van der Waals surface area (Å²) in [6.45, 7) is 0.913. The monoisotopic (exact) mass is 448 g/mol. The molecule has 4 aromatic rings. The molecule has 6 nitrogen and oxygen atoms in total. The van der Waals surface area contributed by atoms with E-state index in [9.17, 15) is 10.1 Å².